The molecule has 0 aromatic heterocycles. The molecule has 0 spiro atoms. The molecule has 13 heavy (non-hydrogen) atoms. The van der Waals surface area contributed by atoms with Gasteiger partial charge in [0.25, 0.3) is 0 Å². The molecular weight excluding hydrogens is 170 g/mol. The number of ether oxygens (including phenoxy) is 1. The molecule has 0 saturated heterocycles. The third-order valence-corrected chi connectivity index (χ3v) is 1.60. The van der Waals surface area contributed by atoms with Crippen LogP contribution in [-0.2, 0) is 4.74 Å². The molecule has 0 fully saturated rings. The molecule has 3 N–H and O–H groups in total. The molecule has 0 aliphatic rings. The second kappa shape index (κ2) is 4.47. The fourth-order valence-electron chi connectivity index (χ4n) is 1.02. The summed E-state index contributed by atoms with van der Waals surface area (Å²) >= 11 is 0. The fraction of sp³-hybridized carbons (Fsp3) is 0.222. The van der Waals surface area contributed by atoms with Gasteiger partial charge in [0.15, 0.2) is 6.10 Å². The third kappa shape index (κ3) is 2.76. The van der Waals surface area contributed by atoms with Crippen LogP contribution in [0.3, 0.4) is 0 Å². The van der Waals surface area contributed by atoms with E-state index in [0.29, 0.717) is 0 Å². The molecule has 0 saturated carbocycles. The molecule has 70 valence electrons. The van der Waals surface area contributed by atoms with E-state index in [-0.39, 0.29) is 6.61 Å². The number of nitrogens with two attached hydrogens (primary N) is 1. The molecule has 0 aliphatic heterocycles. The average Bonchev–Trinajstić information content (AvgIpc) is 2.15. The Hall–Kier alpha value is -1.55. The van der Waals surface area contributed by atoms with Crippen LogP contribution in [0.1, 0.15) is 11.7 Å². The summed E-state index contributed by atoms with van der Waals surface area (Å²) in [5.41, 5.74) is 5.56. The predicted octanol–water partition coefficient (Wildman–Crippen LogP) is 0.815. The number of carbonyl (C=O) groups excluding carboxylic acids is 1. The van der Waals surface area contributed by atoms with Gasteiger partial charge >= 0.3 is 6.09 Å². The van der Waals surface area contributed by atoms with Crippen molar-refractivity contribution in [2.24, 2.45) is 5.73 Å². The van der Waals surface area contributed by atoms with Crippen LogP contribution in [0.15, 0.2) is 30.3 Å². The topological polar surface area (TPSA) is 72.6 Å². The quantitative estimate of drug-likeness (QED) is 0.724. The minimum Gasteiger partial charge on any atom is -0.439 e. The number of benzene rings is 1. The first kappa shape index (κ1) is 9.54. The normalized spacial score (nSPS) is 12.1. The molecular formula is C9H11NO3. The summed E-state index contributed by atoms with van der Waals surface area (Å²) in [4.78, 5) is 10.4. The van der Waals surface area contributed by atoms with Crippen molar-refractivity contribution in [1.29, 1.82) is 0 Å². The van der Waals surface area contributed by atoms with Crippen LogP contribution in [0.5, 0.6) is 0 Å². The molecule has 0 bridgehead atoms. The van der Waals surface area contributed by atoms with Crippen LogP contribution >= 0.6 is 0 Å². The van der Waals surface area contributed by atoms with Crippen molar-refractivity contribution in [1.82, 2.24) is 0 Å². The Morgan fingerprint density at radius 3 is 2.54 bits per heavy atom. The molecule has 0 radical (unpaired) electrons. The lowest BCUT2D eigenvalue weighted by Crippen LogP contribution is -2.19. The number of hydrogen-bond acceptors (Lipinski definition) is 3. The minimum atomic E-state index is -0.886. The van der Waals surface area contributed by atoms with Gasteiger partial charge in [0.2, 0.25) is 0 Å². The van der Waals surface area contributed by atoms with Gasteiger partial charge in [-0.3, -0.25) is 0 Å². The van der Waals surface area contributed by atoms with E-state index in [1.165, 1.54) is 0 Å². The van der Waals surface area contributed by atoms with E-state index in [4.69, 9.17) is 10.8 Å². The molecule has 1 unspecified atom stereocenters. The van der Waals surface area contributed by atoms with Crippen molar-refractivity contribution in [2.75, 3.05) is 6.61 Å². The molecule has 1 aromatic carbocycles. The maximum absolute atomic E-state index is 10.4. The summed E-state index contributed by atoms with van der Waals surface area (Å²) < 4.78 is 4.67. The van der Waals surface area contributed by atoms with Crippen molar-refractivity contribution in [3.8, 4) is 0 Å². The maximum atomic E-state index is 10.4. The highest BCUT2D eigenvalue weighted by molar-refractivity contribution is 5.65. The van der Waals surface area contributed by atoms with E-state index >= 15 is 0 Å². The van der Waals surface area contributed by atoms with Crippen LogP contribution in [0, 0.1) is 0 Å². The summed E-state index contributed by atoms with van der Waals surface area (Å²) in [6, 6.07) is 8.93. The molecule has 0 aliphatic carbocycles. The lowest BCUT2D eigenvalue weighted by atomic mass is 10.1. The van der Waals surface area contributed by atoms with E-state index in [1.54, 1.807) is 24.3 Å². The summed E-state index contributed by atoms with van der Waals surface area (Å²) in [6.45, 7) is -0.271. The fourth-order valence-corrected chi connectivity index (χ4v) is 1.02. The number of rotatable bonds is 3. The first-order valence-corrected chi connectivity index (χ1v) is 3.86. The van der Waals surface area contributed by atoms with Crippen LogP contribution in [-0.4, -0.2) is 17.8 Å². The van der Waals surface area contributed by atoms with E-state index in [9.17, 15) is 4.79 Å². The van der Waals surface area contributed by atoms with Crippen molar-refractivity contribution >= 4 is 6.09 Å². The zero-order valence-electron chi connectivity index (χ0n) is 7.01. The van der Waals surface area contributed by atoms with Gasteiger partial charge in [0, 0.05) is 0 Å². The summed E-state index contributed by atoms with van der Waals surface area (Å²) in [6.07, 6.45) is -1.55. The van der Waals surface area contributed by atoms with Gasteiger partial charge in [-0.25, -0.2) is 4.79 Å². The molecule has 0 heterocycles. The maximum Gasteiger partial charge on any atom is 0.405 e. The largest absolute Gasteiger partial charge is 0.439 e. The molecule has 4 nitrogen and oxygen atoms in total. The first-order chi connectivity index (χ1) is 6.24. The van der Waals surface area contributed by atoms with Crippen LogP contribution in [0.25, 0.3) is 0 Å². The Bertz CT molecular complexity index is 273. The third-order valence-electron chi connectivity index (χ3n) is 1.60. The van der Waals surface area contributed by atoms with E-state index in [2.05, 4.69) is 4.74 Å². The van der Waals surface area contributed by atoms with Crippen LogP contribution < -0.4 is 5.73 Å². The number of aliphatic hydroxyl groups is 1. The Morgan fingerprint density at radius 2 is 2.08 bits per heavy atom. The average molecular weight is 181 g/mol. The van der Waals surface area contributed by atoms with Gasteiger partial charge in [-0.15, -0.1) is 0 Å². The van der Waals surface area contributed by atoms with Crippen molar-refractivity contribution in [2.45, 2.75) is 6.10 Å². The van der Waals surface area contributed by atoms with Gasteiger partial charge in [0.1, 0.15) is 0 Å². The van der Waals surface area contributed by atoms with Crippen molar-refractivity contribution in [3.63, 3.8) is 0 Å². The predicted molar refractivity (Wildman–Crippen MR) is 46.9 cm³/mol. The number of aliphatic hydroxyl groups excluding tert-OH is 1. The lowest BCUT2D eigenvalue weighted by molar-refractivity contribution is 0.0633. The van der Waals surface area contributed by atoms with Gasteiger partial charge < -0.3 is 15.6 Å². The summed E-state index contributed by atoms with van der Waals surface area (Å²) in [5.74, 6) is 0. The molecule has 4 heteroatoms. The second-order valence-electron chi connectivity index (χ2n) is 2.52. The van der Waals surface area contributed by atoms with E-state index in [1.807, 2.05) is 6.07 Å². The Labute approximate surface area is 75.9 Å². The highest BCUT2D eigenvalue weighted by Crippen LogP contribution is 2.15. The number of primary amides is 1. The summed E-state index contributed by atoms with van der Waals surface area (Å²) in [7, 11) is 0. The molecule has 1 amide bonds. The zero-order valence-corrected chi connectivity index (χ0v) is 7.01. The van der Waals surface area contributed by atoms with Gasteiger partial charge in [-0.2, -0.15) is 0 Å². The Kier molecular flexibility index (Phi) is 3.28. The SMILES string of the molecule is NC(=O)OC(CO)c1ccccc1. The van der Waals surface area contributed by atoms with Gasteiger partial charge in [-0.05, 0) is 5.56 Å². The van der Waals surface area contributed by atoms with Crippen molar-refractivity contribution in [3.05, 3.63) is 35.9 Å². The Balaban J connectivity index is 2.73. The molecule has 1 aromatic rings. The molecule has 1 atom stereocenters. The smallest absolute Gasteiger partial charge is 0.405 e. The lowest BCUT2D eigenvalue weighted by Gasteiger charge is -2.13. The monoisotopic (exact) mass is 181 g/mol. The highest BCUT2D eigenvalue weighted by Gasteiger charge is 2.12. The summed E-state index contributed by atoms with van der Waals surface area (Å²) in [5, 5.41) is 8.90. The minimum absolute atomic E-state index is 0.271. The van der Waals surface area contributed by atoms with E-state index < -0.39 is 12.2 Å². The zero-order chi connectivity index (χ0) is 9.68. The number of hydrogen-bond donors (Lipinski definition) is 2. The molecule has 1 rings (SSSR count). The van der Waals surface area contributed by atoms with Gasteiger partial charge in [0.05, 0.1) is 6.61 Å². The first-order valence-electron chi connectivity index (χ1n) is 3.86. The van der Waals surface area contributed by atoms with Crippen LogP contribution in [0.2, 0.25) is 0 Å². The Morgan fingerprint density at radius 1 is 1.46 bits per heavy atom. The van der Waals surface area contributed by atoms with Crippen LogP contribution in [0.4, 0.5) is 4.79 Å². The van der Waals surface area contributed by atoms with Gasteiger partial charge in [-0.1, -0.05) is 30.3 Å². The second-order valence-corrected chi connectivity index (χ2v) is 2.52. The number of carbonyl (C=O) groups is 1. The van der Waals surface area contributed by atoms with E-state index in [0.717, 1.165) is 5.56 Å². The van der Waals surface area contributed by atoms with Crippen molar-refractivity contribution < 1.29 is 14.6 Å². The number of amides is 1. The highest BCUT2D eigenvalue weighted by atomic mass is 16.6. The standard InChI is InChI=1S/C9H11NO3/c10-9(12)13-8(6-11)7-4-2-1-3-5-7/h1-5,8,11H,6H2,(H2,10,12).